The minimum Gasteiger partial charge on any atom is -0.508 e. The number of phenolic OH excluding ortho intramolecular Hbond substituents is 2. The van der Waals surface area contributed by atoms with Crippen molar-refractivity contribution >= 4 is 35.6 Å². The molecule has 65 heavy (non-hydrogen) atoms. The van der Waals surface area contributed by atoms with Crippen LogP contribution in [0.2, 0.25) is 0 Å². The molecule has 2 aliphatic rings. The first-order valence-electron chi connectivity index (χ1n) is 21.9. The summed E-state index contributed by atoms with van der Waals surface area (Å²) in [4.78, 5) is 82.3. The maximum atomic E-state index is 13.8. The van der Waals surface area contributed by atoms with Gasteiger partial charge in [-0.1, -0.05) is 26.0 Å². The highest BCUT2D eigenvalue weighted by atomic mass is 16.4. The van der Waals surface area contributed by atoms with Crippen LogP contribution in [0, 0.1) is 5.92 Å². The predicted molar refractivity (Wildman–Crippen MR) is 237 cm³/mol. The second kappa shape index (κ2) is 23.7. The van der Waals surface area contributed by atoms with Gasteiger partial charge in [-0.05, 0) is 60.4 Å². The Morgan fingerprint density at radius 2 is 1.15 bits per heavy atom. The van der Waals surface area contributed by atoms with Gasteiger partial charge in [0.15, 0.2) is 5.82 Å². The second-order valence-corrected chi connectivity index (χ2v) is 17.0. The van der Waals surface area contributed by atoms with Crippen molar-refractivity contribution in [2.24, 2.45) is 5.92 Å². The molecule has 2 saturated heterocycles. The lowest BCUT2D eigenvalue weighted by Crippen LogP contribution is -2.50. The van der Waals surface area contributed by atoms with Crippen molar-refractivity contribution in [1.82, 2.24) is 49.9 Å². The molecule has 0 bridgehead atoms. The lowest BCUT2D eigenvalue weighted by Gasteiger charge is -2.32. The summed E-state index contributed by atoms with van der Waals surface area (Å²) in [7, 11) is 0. The molecule has 0 atom stereocenters. The molecule has 3 heterocycles. The van der Waals surface area contributed by atoms with Crippen LogP contribution >= 0.6 is 0 Å². The molecular formula is C44H62N10O11. The van der Waals surface area contributed by atoms with Crippen molar-refractivity contribution in [1.29, 1.82) is 0 Å². The maximum Gasteiger partial charge on any atom is 0.317 e. The molecule has 0 radical (unpaired) electrons. The number of hydrogen-bond acceptors (Lipinski definition) is 14. The van der Waals surface area contributed by atoms with E-state index in [9.17, 15) is 54.3 Å². The fourth-order valence-corrected chi connectivity index (χ4v) is 8.15. The summed E-state index contributed by atoms with van der Waals surface area (Å²) in [5.41, 5.74) is 2.44. The molecule has 3 amide bonds. The number of carboxylic acid groups (broad SMARTS) is 3. The van der Waals surface area contributed by atoms with Crippen LogP contribution < -0.4 is 10.6 Å². The van der Waals surface area contributed by atoms with Gasteiger partial charge in [0.1, 0.15) is 11.5 Å². The van der Waals surface area contributed by atoms with Crippen LogP contribution in [0.4, 0.5) is 0 Å². The molecule has 2 fully saturated rings. The summed E-state index contributed by atoms with van der Waals surface area (Å²) in [6.07, 6.45) is 2.61. The summed E-state index contributed by atoms with van der Waals surface area (Å²) in [5, 5.41) is 64.2. The summed E-state index contributed by atoms with van der Waals surface area (Å²) in [6, 6.07) is 10.5. The molecule has 354 valence electrons. The van der Waals surface area contributed by atoms with Gasteiger partial charge in [0.2, 0.25) is 17.6 Å². The van der Waals surface area contributed by atoms with Crippen LogP contribution in [0.15, 0.2) is 36.4 Å². The smallest absolute Gasteiger partial charge is 0.317 e. The number of likely N-dealkylation sites (tertiary alicyclic amines) is 1. The van der Waals surface area contributed by atoms with E-state index in [1.807, 2.05) is 43.0 Å². The number of carbonyl (C=O) groups excluding carboxylic acids is 3. The predicted octanol–water partition coefficient (Wildman–Crippen LogP) is 0.591. The largest absolute Gasteiger partial charge is 0.508 e. The molecule has 21 nitrogen and oxygen atoms in total. The van der Waals surface area contributed by atoms with Gasteiger partial charge >= 0.3 is 17.9 Å². The van der Waals surface area contributed by atoms with Crippen LogP contribution in [0.1, 0.15) is 61.3 Å². The summed E-state index contributed by atoms with van der Waals surface area (Å²) < 4.78 is 1.53. The Bertz CT molecular complexity index is 2110. The average molecular weight is 907 g/mol. The number of aromatic nitrogens is 3. The standard InChI is InChI=1S/C44H62N10O11/c1-29(2)34-23-35(37(57)24-36(34)56)42-47-48-43(54(42)33-6-4-31(5-7-33)22-32-8-12-53(13-9-32)30(3)55)44(65)46-11-10-45-38(58)25-49-14-16-50(26-39(59)60)18-20-52(28-41(63)64)21-19-51(17-15-49)27-40(61)62/h4-7,23-24,29,32,56-57H,8-22,25-28H2,1-3H3,(H,45,58)(H,46,65)(H,59,60)(H,61,62)(H,63,64). The Kier molecular flexibility index (Phi) is 18.2. The van der Waals surface area contributed by atoms with Crippen LogP contribution in [-0.2, 0) is 30.4 Å². The van der Waals surface area contributed by atoms with Crippen molar-refractivity contribution in [3.05, 3.63) is 53.3 Å². The van der Waals surface area contributed by atoms with E-state index in [0.29, 0.717) is 17.2 Å². The minimum atomic E-state index is -1.05. The summed E-state index contributed by atoms with van der Waals surface area (Å²) >= 11 is 0. The van der Waals surface area contributed by atoms with E-state index < -0.39 is 23.8 Å². The highest BCUT2D eigenvalue weighted by Gasteiger charge is 2.26. The Hall–Kier alpha value is -6.16. The van der Waals surface area contributed by atoms with Crippen molar-refractivity contribution in [3.8, 4) is 28.6 Å². The molecule has 7 N–H and O–H groups in total. The highest BCUT2D eigenvalue weighted by Crippen LogP contribution is 2.38. The quantitative estimate of drug-likeness (QED) is 0.0914. The highest BCUT2D eigenvalue weighted by molar-refractivity contribution is 5.92. The number of nitrogens with one attached hydrogen (secondary N) is 2. The first-order chi connectivity index (χ1) is 31.0. The zero-order chi connectivity index (χ0) is 47.2. The van der Waals surface area contributed by atoms with E-state index >= 15 is 0 Å². The maximum absolute atomic E-state index is 13.8. The third-order valence-corrected chi connectivity index (χ3v) is 11.8. The first-order valence-corrected chi connectivity index (χ1v) is 21.9. The number of amides is 3. The van der Waals surface area contributed by atoms with Crippen LogP contribution in [0.5, 0.6) is 11.5 Å². The van der Waals surface area contributed by atoms with Gasteiger partial charge < -0.3 is 41.1 Å². The molecule has 21 heteroatoms. The number of hydrogen-bond donors (Lipinski definition) is 7. The van der Waals surface area contributed by atoms with Crippen molar-refractivity contribution in [3.63, 3.8) is 0 Å². The Morgan fingerprint density at radius 3 is 1.63 bits per heavy atom. The van der Waals surface area contributed by atoms with Crippen LogP contribution in [-0.4, -0.2) is 205 Å². The number of rotatable bonds is 17. The van der Waals surface area contributed by atoms with Crippen LogP contribution in [0.25, 0.3) is 17.1 Å². The number of carbonyl (C=O) groups is 6. The van der Waals surface area contributed by atoms with E-state index in [2.05, 4.69) is 20.8 Å². The average Bonchev–Trinajstić information content (AvgIpc) is 3.68. The third kappa shape index (κ3) is 14.9. The number of nitrogens with zero attached hydrogens (tertiary/aromatic N) is 8. The molecule has 1 aromatic heterocycles. The Balaban J connectivity index is 1.26. The lowest BCUT2D eigenvalue weighted by atomic mass is 9.90. The van der Waals surface area contributed by atoms with Crippen LogP contribution in [0.3, 0.4) is 0 Å². The third-order valence-electron chi connectivity index (χ3n) is 11.8. The normalized spacial score (nSPS) is 16.7. The van der Waals surface area contributed by atoms with Crippen molar-refractivity contribution < 1.29 is 54.3 Å². The van der Waals surface area contributed by atoms with Gasteiger partial charge in [-0.25, -0.2) is 0 Å². The fourth-order valence-electron chi connectivity index (χ4n) is 8.15. The number of carboxylic acids is 3. The van der Waals surface area contributed by atoms with Crippen molar-refractivity contribution in [2.45, 2.75) is 46.0 Å². The van der Waals surface area contributed by atoms with Gasteiger partial charge in [0.05, 0.1) is 31.7 Å². The SMILES string of the molecule is CC(=O)N1CCC(Cc2ccc(-n3c(C(=O)NCCNC(=O)CN4CCN(CC(=O)O)CCN(CC(=O)O)CCN(CC(=O)O)CC4)nnc3-c3cc(C(C)C)c(O)cc3O)cc2)CC1. The summed E-state index contributed by atoms with van der Waals surface area (Å²) in [5.74, 6) is -4.02. The Labute approximate surface area is 377 Å². The zero-order valence-electron chi connectivity index (χ0n) is 37.3. The van der Waals surface area contributed by atoms with Gasteiger partial charge in [-0.15, -0.1) is 10.2 Å². The molecule has 5 rings (SSSR count). The number of aliphatic carboxylic acids is 3. The molecule has 3 aromatic rings. The molecule has 0 aliphatic carbocycles. The molecule has 0 spiro atoms. The van der Waals surface area contributed by atoms with E-state index in [-0.39, 0.29) is 138 Å². The van der Waals surface area contributed by atoms with E-state index in [1.54, 1.807) is 32.6 Å². The number of piperidine rings is 1. The monoisotopic (exact) mass is 906 g/mol. The number of aromatic hydroxyl groups is 2. The second-order valence-electron chi connectivity index (χ2n) is 17.0. The zero-order valence-corrected chi connectivity index (χ0v) is 37.3. The molecule has 2 aliphatic heterocycles. The molecular weight excluding hydrogens is 845 g/mol. The Morgan fingerprint density at radius 1 is 0.662 bits per heavy atom. The number of phenols is 2. The minimum absolute atomic E-state index is 0.00171. The first kappa shape index (κ1) is 49.8. The lowest BCUT2D eigenvalue weighted by molar-refractivity contribution is -0.140. The molecule has 2 aromatic carbocycles. The van der Waals surface area contributed by atoms with E-state index in [4.69, 9.17) is 0 Å². The molecule has 0 saturated carbocycles. The van der Waals surface area contributed by atoms with Gasteiger partial charge in [-0.3, -0.25) is 52.9 Å². The van der Waals surface area contributed by atoms with E-state index in [0.717, 1.165) is 37.9 Å². The van der Waals surface area contributed by atoms with Crippen molar-refractivity contribution in [2.75, 3.05) is 105 Å². The summed E-state index contributed by atoms with van der Waals surface area (Å²) in [6.45, 7) is 7.95. The van der Waals surface area contributed by atoms with E-state index in [1.165, 1.54) is 10.6 Å². The van der Waals surface area contributed by atoms with Gasteiger partial charge in [-0.2, -0.15) is 0 Å². The fraction of sp³-hybridized carbons (Fsp3) is 0.545. The number of benzene rings is 2. The van der Waals surface area contributed by atoms with Gasteiger partial charge in [0, 0.05) is 97.2 Å². The van der Waals surface area contributed by atoms with Gasteiger partial charge in [0.25, 0.3) is 5.91 Å². The molecule has 0 unspecified atom stereocenters. The topological polar surface area (TPSA) is 275 Å².